The van der Waals surface area contributed by atoms with Crippen molar-refractivity contribution in [3.63, 3.8) is 0 Å². The second-order valence-corrected chi connectivity index (χ2v) is 2.70. The third kappa shape index (κ3) is 2.58. The maximum Gasteiger partial charge on any atom is 0.356 e. The summed E-state index contributed by atoms with van der Waals surface area (Å²) in [6, 6.07) is 9.25. The first-order chi connectivity index (χ1) is 6.77. The maximum atomic E-state index is 11.0. The van der Waals surface area contributed by atoms with E-state index in [4.69, 9.17) is 5.21 Å². The quantitative estimate of drug-likeness (QED) is 0.340. The van der Waals surface area contributed by atoms with Gasteiger partial charge >= 0.3 is 5.97 Å². The van der Waals surface area contributed by atoms with Crippen LogP contribution in [0.2, 0.25) is 0 Å². The molecule has 14 heavy (non-hydrogen) atoms. The molecule has 0 radical (unpaired) electrons. The SMILES string of the molecule is COC(=O)/C(Cc1ccccc1)=N/O. The lowest BCUT2D eigenvalue weighted by molar-refractivity contribution is -0.132. The average molecular weight is 193 g/mol. The van der Waals surface area contributed by atoms with E-state index in [-0.39, 0.29) is 12.1 Å². The molecule has 0 atom stereocenters. The zero-order valence-electron chi connectivity index (χ0n) is 7.80. The Morgan fingerprint density at radius 1 is 1.43 bits per heavy atom. The number of rotatable bonds is 3. The molecule has 0 aliphatic heterocycles. The fraction of sp³-hybridized carbons (Fsp3) is 0.200. The van der Waals surface area contributed by atoms with Crippen molar-refractivity contribution in [3.05, 3.63) is 35.9 Å². The molecule has 4 heteroatoms. The number of carbonyl (C=O) groups excluding carboxylic acids is 1. The molecule has 0 heterocycles. The van der Waals surface area contributed by atoms with Gasteiger partial charge in [-0.15, -0.1) is 0 Å². The van der Waals surface area contributed by atoms with Crippen LogP contribution in [0.5, 0.6) is 0 Å². The van der Waals surface area contributed by atoms with Gasteiger partial charge < -0.3 is 9.94 Å². The van der Waals surface area contributed by atoms with Gasteiger partial charge in [-0.2, -0.15) is 0 Å². The van der Waals surface area contributed by atoms with Crippen LogP contribution < -0.4 is 0 Å². The molecule has 1 aromatic rings. The number of carbonyl (C=O) groups is 1. The Balaban J connectivity index is 2.73. The van der Waals surface area contributed by atoms with Crippen LogP contribution in [-0.2, 0) is 16.0 Å². The highest BCUT2D eigenvalue weighted by Crippen LogP contribution is 2.01. The molecule has 0 saturated carbocycles. The first-order valence-electron chi connectivity index (χ1n) is 4.11. The molecule has 0 fully saturated rings. The van der Waals surface area contributed by atoms with Crippen molar-refractivity contribution < 1.29 is 14.7 Å². The first kappa shape index (κ1) is 10.2. The Labute approximate surface area is 81.8 Å². The lowest BCUT2D eigenvalue weighted by atomic mass is 10.1. The normalized spacial score (nSPS) is 11.1. The van der Waals surface area contributed by atoms with E-state index in [0.717, 1.165) is 5.56 Å². The van der Waals surface area contributed by atoms with E-state index in [2.05, 4.69) is 9.89 Å². The largest absolute Gasteiger partial charge is 0.464 e. The molecular formula is C10H11NO3. The highest BCUT2D eigenvalue weighted by atomic mass is 16.5. The predicted molar refractivity (Wildman–Crippen MR) is 51.4 cm³/mol. The van der Waals surface area contributed by atoms with E-state index >= 15 is 0 Å². The Morgan fingerprint density at radius 2 is 2.07 bits per heavy atom. The summed E-state index contributed by atoms with van der Waals surface area (Å²) in [5.74, 6) is -0.614. The van der Waals surface area contributed by atoms with E-state index in [1.807, 2.05) is 30.3 Å². The minimum atomic E-state index is -0.614. The zero-order chi connectivity index (χ0) is 10.4. The molecule has 0 unspecified atom stereocenters. The molecule has 0 amide bonds. The molecular weight excluding hydrogens is 182 g/mol. The van der Waals surface area contributed by atoms with Gasteiger partial charge in [0.1, 0.15) is 0 Å². The summed E-state index contributed by atoms with van der Waals surface area (Å²) in [6.07, 6.45) is 0.268. The fourth-order valence-electron chi connectivity index (χ4n) is 1.06. The molecule has 0 bridgehead atoms. The molecule has 74 valence electrons. The van der Waals surface area contributed by atoms with Gasteiger partial charge in [-0.1, -0.05) is 35.5 Å². The van der Waals surface area contributed by atoms with Crippen LogP contribution in [0.15, 0.2) is 35.5 Å². The zero-order valence-corrected chi connectivity index (χ0v) is 7.80. The van der Waals surface area contributed by atoms with Gasteiger partial charge in [-0.3, -0.25) is 0 Å². The summed E-state index contributed by atoms with van der Waals surface area (Å²) in [7, 11) is 1.25. The van der Waals surface area contributed by atoms with Gasteiger partial charge in [0, 0.05) is 6.42 Å². The minimum Gasteiger partial charge on any atom is -0.464 e. The third-order valence-corrected chi connectivity index (χ3v) is 1.76. The number of esters is 1. The van der Waals surface area contributed by atoms with Crippen LogP contribution in [0.3, 0.4) is 0 Å². The van der Waals surface area contributed by atoms with Crippen LogP contribution in [0, 0.1) is 0 Å². The Kier molecular flexibility index (Phi) is 3.67. The molecule has 1 rings (SSSR count). The standard InChI is InChI=1S/C10H11NO3/c1-14-10(12)9(11-13)7-8-5-3-2-4-6-8/h2-6,13H,7H2,1H3/b11-9+. The summed E-state index contributed by atoms with van der Waals surface area (Å²) < 4.78 is 4.45. The number of hydrogen-bond acceptors (Lipinski definition) is 4. The number of hydrogen-bond donors (Lipinski definition) is 1. The Bertz CT molecular complexity index is 332. The van der Waals surface area contributed by atoms with Gasteiger partial charge in [0.05, 0.1) is 7.11 Å². The molecule has 0 aliphatic carbocycles. The maximum absolute atomic E-state index is 11.0. The second kappa shape index (κ2) is 5.01. The van der Waals surface area contributed by atoms with Crippen LogP contribution in [-0.4, -0.2) is 24.0 Å². The summed E-state index contributed by atoms with van der Waals surface area (Å²) in [4.78, 5) is 11.0. The lowest BCUT2D eigenvalue weighted by Gasteiger charge is -2.01. The molecule has 0 saturated heterocycles. The lowest BCUT2D eigenvalue weighted by Crippen LogP contribution is -2.18. The summed E-state index contributed by atoms with van der Waals surface area (Å²) in [5, 5.41) is 11.5. The van der Waals surface area contributed by atoms with Crippen molar-refractivity contribution in [1.29, 1.82) is 0 Å². The third-order valence-electron chi connectivity index (χ3n) is 1.76. The summed E-state index contributed by atoms with van der Waals surface area (Å²) in [6.45, 7) is 0. The van der Waals surface area contributed by atoms with Crippen molar-refractivity contribution >= 4 is 11.7 Å². The van der Waals surface area contributed by atoms with Crippen LogP contribution in [0.1, 0.15) is 5.56 Å². The number of benzene rings is 1. The van der Waals surface area contributed by atoms with Crippen LogP contribution in [0.4, 0.5) is 0 Å². The average Bonchev–Trinajstić information content (AvgIpc) is 2.26. The summed E-state index contributed by atoms with van der Waals surface area (Å²) in [5.41, 5.74) is 0.893. The molecule has 0 spiro atoms. The topological polar surface area (TPSA) is 58.9 Å². The van der Waals surface area contributed by atoms with E-state index in [1.165, 1.54) is 7.11 Å². The molecule has 1 aromatic carbocycles. The van der Waals surface area contributed by atoms with E-state index in [0.29, 0.717) is 0 Å². The van der Waals surface area contributed by atoms with Crippen molar-refractivity contribution in [1.82, 2.24) is 0 Å². The van der Waals surface area contributed by atoms with Crippen molar-refractivity contribution in [2.75, 3.05) is 7.11 Å². The highest BCUT2D eigenvalue weighted by molar-refractivity contribution is 6.36. The van der Waals surface area contributed by atoms with Gasteiger partial charge in [0.2, 0.25) is 0 Å². The van der Waals surface area contributed by atoms with E-state index in [1.54, 1.807) is 0 Å². The number of oxime groups is 1. The van der Waals surface area contributed by atoms with Crippen LogP contribution in [0.25, 0.3) is 0 Å². The van der Waals surface area contributed by atoms with Crippen molar-refractivity contribution in [2.45, 2.75) is 6.42 Å². The Hall–Kier alpha value is -1.84. The monoisotopic (exact) mass is 193 g/mol. The van der Waals surface area contributed by atoms with Gasteiger partial charge in [0.15, 0.2) is 5.71 Å². The highest BCUT2D eigenvalue weighted by Gasteiger charge is 2.12. The number of nitrogens with zero attached hydrogens (tertiary/aromatic N) is 1. The fourth-order valence-corrected chi connectivity index (χ4v) is 1.06. The van der Waals surface area contributed by atoms with Crippen molar-refractivity contribution in [3.8, 4) is 0 Å². The molecule has 0 aliphatic rings. The summed E-state index contributed by atoms with van der Waals surface area (Å²) >= 11 is 0. The molecule has 1 N–H and O–H groups in total. The van der Waals surface area contributed by atoms with Gasteiger partial charge in [-0.25, -0.2) is 4.79 Å². The van der Waals surface area contributed by atoms with E-state index < -0.39 is 5.97 Å². The second-order valence-electron chi connectivity index (χ2n) is 2.70. The van der Waals surface area contributed by atoms with Gasteiger partial charge in [-0.05, 0) is 5.56 Å². The smallest absolute Gasteiger partial charge is 0.356 e. The Morgan fingerprint density at radius 3 is 2.57 bits per heavy atom. The molecule has 4 nitrogen and oxygen atoms in total. The minimum absolute atomic E-state index is 0.00120. The number of ether oxygens (including phenoxy) is 1. The van der Waals surface area contributed by atoms with Crippen LogP contribution >= 0.6 is 0 Å². The molecule has 0 aromatic heterocycles. The first-order valence-corrected chi connectivity index (χ1v) is 4.11. The number of methoxy groups -OCH3 is 1. The van der Waals surface area contributed by atoms with Gasteiger partial charge in [0.25, 0.3) is 0 Å². The van der Waals surface area contributed by atoms with Crippen molar-refractivity contribution in [2.24, 2.45) is 5.16 Å². The van der Waals surface area contributed by atoms with E-state index in [9.17, 15) is 4.79 Å². The predicted octanol–water partition coefficient (Wildman–Crippen LogP) is 1.23.